The Morgan fingerprint density at radius 1 is 1.38 bits per heavy atom. The molecule has 0 saturated heterocycles. The summed E-state index contributed by atoms with van der Waals surface area (Å²) in [5.41, 5.74) is 0.338. The zero-order valence-electron chi connectivity index (χ0n) is 9.17. The molecule has 1 aromatic carbocycles. The van der Waals surface area contributed by atoms with E-state index in [1.807, 2.05) is 19.0 Å². The van der Waals surface area contributed by atoms with E-state index < -0.39 is 5.97 Å². The number of rotatable bonds is 4. The van der Waals surface area contributed by atoms with Crippen LogP contribution in [0, 0.1) is 0 Å². The van der Waals surface area contributed by atoms with Crippen molar-refractivity contribution in [1.29, 1.82) is 0 Å². The van der Waals surface area contributed by atoms with Crippen LogP contribution >= 0.6 is 23.2 Å². The lowest BCUT2D eigenvalue weighted by atomic mass is 10.2. The minimum Gasteiger partial charge on any atom is -0.461 e. The van der Waals surface area contributed by atoms with Gasteiger partial charge in [-0.1, -0.05) is 23.2 Å². The second-order valence-corrected chi connectivity index (χ2v) is 4.41. The van der Waals surface area contributed by atoms with Gasteiger partial charge in [-0.05, 0) is 32.3 Å². The van der Waals surface area contributed by atoms with Crippen molar-refractivity contribution in [3.63, 3.8) is 0 Å². The summed E-state index contributed by atoms with van der Waals surface area (Å²) in [5.74, 6) is -0.427. The molecule has 0 spiro atoms. The van der Waals surface area contributed by atoms with Gasteiger partial charge in [0.05, 0.1) is 10.6 Å². The number of likely N-dealkylation sites (N-methyl/N-ethyl adjacent to an activating group) is 1. The Hall–Kier alpha value is -0.770. The average Bonchev–Trinajstić information content (AvgIpc) is 2.16. The van der Waals surface area contributed by atoms with E-state index in [1.165, 1.54) is 6.07 Å². The molecule has 3 nitrogen and oxygen atoms in total. The Morgan fingerprint density at radius 2 is 2.06 bits per heavy atom. The van der Waals surface area contributed by atoms with Gasteiger partial charge in [-0.25, -0.2) is 4.79 Å². The van der Waals surface area contributed by atoms with E-state index >= 15 is 0 Å². The van der Waals surface area contributed by atoms with Crippen LogP contribution in [0.1, 0.15) is 10.4 Å². The van der Waals surface area contributed by atoms with Crippen LogP contribution in [0.25, 0.3) is 0 Å². The number of hydrogen-bond donors (Lipinski definition) is 0. The minimum absolute atomic E-state index is 0.308. The molecular formula is C11H13Cl2NO2. The van der Waals surface area contributed by atoms with Crippen LogP contribution in [0.15, 0.2) is 18.2 Å². The molecule has 0 saturated carbocycles. The van der Waals surface area contributed by atoms with Crippen molar-refractivity contribution >= 4 is 29.2 Å². The van der Waals surface area contributed by atoms with Gasteiger partial charge in [0.25, 0.3) is 0 Å². The van der Waals surface area contributed by atoms with Crippen molar-refractivity contribution in [3.05, 3.63) is 33.8 Å². The Kier molecular flexibility index (Phi) is 5.06. The third-order valence-corrected chi connectivity index (χ3v) is 2.47. The highest BCUT2D eigenvalue weighted by molar-refractivity contribution is 6.36. The molecule has 0 aliphatic rings. The maximum absolute atomic E-state index is 11.6. The summed E-state index contributed by atoms with van der Waals surface area (Å²) < 4.78 is 5.05. The van der Waals surface area contributed by atoms with E-state index in [1.54, 1.807) is 12.1 Å². The van der Waals surface area contributed by atoms with Gasteiger partial charge < -0.3 is 9.64 Å². The van der Waals surface area contributed by atoms with E-state index in [2.05, 4.69) is 0 Å². The highest BCUT2D eigenvalue weighted by atomic mass is 35.5. The lowest BCUT2D eigenvalue weighted by Crippen LogP contribution is -2.20. The van der Waals surface area contributed by atoms with Crippen LogP contribution in [0.2, 0.25) is 10.0 Å². The Morgan fingerprint density at radius 3 is 2.62 bits per heavy atom. The van der Waals surface area contributed by atoms with Gasteiger partial charge in [0.15, 0.2) is 0 Å². The number of carbonyl (C=O) groups is 1. The first kappa shape index (κ1) is 13.3. The zero-order valence-corrected chi connectivity index (χ0v) is 10.7. The molecule has 1 rings (SSSR count). The van der Waals surface area contributed by atoms with Crippen molar-refractivity contribution < 1.29 is 9.53 Å². The van der Waals surface area contributed by atoms with Crippen molar-refractivity contribution in [2.75, 3.05) is 27.2 Å². The van der Waals surface area contributed by atoms with Crippen molar-refractivity contribution in [1.82, 2.24) is 4.90 Å². The fraction of sp³-hybridized carbons (Fsp3) is 0.364. The second-order valence-electron chi connectivity index (χ2n) is 3.56. The van der Waals surface area contributed by atoms with Gasteiger partial charge >= 0.3 is 5.97 Å². The van der Waals surface area contributed by atoms with E-state index in [0.29, 0.717) is 28.8 Å². The molecule has 1 aromatic rings. The zero-order chi connectivity index (χ0) is 12.1. The predicted octanol–water partition coefficient (Wildman–Crippen LogP) is 2.71. The number of carbonyl (C=O) groups excluding carboxylic acids is 1. The number of benzene rings is 1. The summed E-state index contributed by atoms with van der Waals surface area (Å²) in [6, 6.07) is 4.68. The summed E-state index contributed by atoms with van der Waals surface area (Å²) in [7, 11) is 3.81. The number of nitrogens with zero attached hydrogens (tertiary/aromatic N) is 1. The van der Waals surface area contributed by atoms with Crippen LogP contribution in [0.4, 0.5) is 0 Å². The van der Waals surface area contributed by atoms with Crippen molar-refractivity contribution in [2.45, 2.75) is 0 Å². The molecule has 0 atom stereocenters. The normalized spacial score (nSPS) is 10.6. The molecule has 88 valence electrons. The molecular weight excluding hydrogens is 249 g/mol. The standard InChI is InChI=1S/C11H13Cl2NO2/c1-14(2)5-6-16-11(15)9-4-3-8(12)7-10(9)13/h3-4,7H,5-6H2,1-2H3. The van der Waals surface area contributed by atoms with E-state index in [0.717, 1.165) is 0 Å². The lowest BCUT2D eigenvalue weighted by molar-refractivity contribution is 0.0482. The van der Waals surface area contributed by atoms with Crippen LogP contribution in [0.5, 0.6) is 0 Å². The highest BCUT2D eigenvalue weighted by Crippen LogP contribution is 2.21. The Labute approximate surface area is 105 Å². The van der Waals surface area contributed by atoms with Gasteiger partial charge in [-0.3, -0.25) is 0 Å². The molecule has 0 bridgehead atoms. The molecule has 5 heteroatoms. The average molecular weight is 262 g/mol. The van der Waals surface area contributed by atoms with E-state index in [4.69, 9.17) is 27.9 Å². The van der Waals surface area contributed by atoms with Gasteiger partial charge in [-0.15, -0.1) is 0 Å². The SMILES string of the molecule is CN(C)CCOC(=O)c1ccc(Cl)cc1Cl. The third kappa shape index (κ3) is 4.00. The monoisotopic (exact) mass is 261 g/mol. The topological polar surface area (TPSA) is 29.5 Å². The summed E-state index contributed by atoms with van der Waals surface area (Å²) in [5, 5.41) is 0.803. The Bertz CT molecular complexity index is 380. The van der Waals surface area contributed by atoms with Crippen LogP contribution in [-0.2, 0) is 4.74 Å². The molecule has 0 radical (unpaired) electrons. The quantitative estimate of drug-likeness (QED) is 0.781. The summed E-state index contributed by atoms with van der Waals surface area (Å²) in [4.78, 5) is 13.5. The molecule has 16 heavy (non-hydrogen) atoms. The number of halogens is 2. The van der Waals surface area contributed by atoms with E-state index in [9.17, 15) is 4.79 Å². The largest absolute Gasteiger partial charge is 0.461 e. The van der Waals surface area contributed by atoms with Crippen LogP contribution in [0.3, 0.4) is 0 Å². The van der Waals surface area contributed by atoms with Crippen molar-refractivity contribution in [3.8, 4) is 0 Å². The third-order valence-electron chi connectivity index (χ3n) is 1.92. The molecule has 0 unspecified atom stereocenters. The first-order valence-corrected chi connectivity index (χ1v) is 5.53. The fourth-order valence-corrected chi connectivity index (χ4v) is 1.54. The maximum atomic E-state index is 11.6. The summed E-state index contributed by atoms with van der Waals surface area (Å²) in [6.07, 6.45) is 0. The molecule has 0 amide bonds. The molecule has 0 N–H and O–H groups in total. The summed E-state index contributed by atoms with van der Waals surface area (Å²) >= 11 is 11.6. The molecule has 0 fully saturated rings. The second kappa shape index (κ2) is 6.09. The molecule has 0 aliphatic carbocycles. The van der Waals surface area contributed by atoms with Crippen molar-refractivity contribution in [2.24, 2.45) is 0 Å². The summed E-state index contributed by atoms with van der Waals surface area (Å²) in [6.45, 7) is 1.02. The number of hydrogen-bond acceptors (Lipinski definition) is 3. The number of esters is 1. The fourth-order valence-electron chi connectivity index (χ4n) is 1.05. The van der Waals surface area contributed by atoms with Gasteiger partial charge in [0.1, 0.15) is 6.61 Å². The van der Waals surface area contributed by atoms with Gasteiger partial charge in [0, 0.05) is 11.6 Å². The first-order chi connectivity index (χ1) is 7.50. The Balaban J connectivity index is 2.59. The molecule has 0 aliphatic heterocycles. The maximum Gasteiger partial charge on any atom is 0.339 e. The van der Waals surface area contributed by atoms with Gasteiger partial charge in [-0.2, -0.15) is 0 Å². The van der Waals surface area contributed by atoms with Crippen LogP contribution in [-0.4, -0.2) is 38.1 Å². The number of ether oxygens (including phenoxy) is 1. The smallest absolute Gasteiger partial charge is 0.339 e. The van der Waals surface area contributed by atoms with Crippen LogP contribution < -0.4 is 0 Å². The highest BCUT2D eigenvalue weighted by Gasteiger charge is 2.11. The minimum atomic E-state index is -0.427. The first-order valence-electron chi connectivity index (χ1n) is 4.77. The predicted molar refractivity (Wildman–Crippen MR) is 65.3 cm³/mol. The molecule has 0 heterocycles. The van der Waals surface area contributed by atoms with E-state index in [-0.39, 0.29) is 0 Å². The molecule has 0 aromatic heterocycles. The lowest BCUT2D eigenvalue weighted by Gasteiger charge is -2.10. The van der Waals surface area contributed by atoms with Gasteiger partial charge in [0.2, 0.25) is 0 Å².